The highest BCUT2D eigenvalue weighted by Gasteiger charge is 2.11. The Labute approximate surface area is 201 Å². The lowest BCUT2D eigenvalue weighted by molar-refractivity contribution is -0.112. The molecule has 0 bridgehead atoms. The monoisotopic (exact) mass is 508 g/mol. The molecule has 6 heteroatoms. The predicted octanol–water partition coefficient (Wildman–Crippen LogP) is 7.15. The molecule has 0 heterocycles. The second-order valence-electron chi connectivity index (χ2n) is 7.56. The van der Waals surface area contributed by atoms with E-state index in [0.29, 0.717) is 28.6 Å². The molecule has 0 unspecified atom stereocenters. The number of carbonyl (C=O) groups excluding carboxylic acids is 1. The van der Waals surface area contributed by atoms with Crippen molar-refractivity contribution in [2.24, 2.45) is 0 Å². The van der Waals surface area contributed by atoms with Gasteiger partial charge in [-0.05, 0) is 83.7 Å². The molecule has 3 rings (SSSR count). The number of carbonyl (C=O) groups is 1. The maximum absolute atomic E-state index is 12.5. The van der Waals surface area contributed by atoms with Crippen molar-refractivity contribution in [3.05, 3.63) is 97.5 Å². The van der Waals surface area contributed by atoms with Gasteiger partial charge in [0, 0.05) is 10.7 Å². The Hall–Kier alpha value is -3.07. The fraction of sp³-hybridized carbons (Fsp3) is 0.154. The number of rotatable bonds is 6. The van der Waals surface area contributed by atoms with Gasteiger partial charge >= 0.3 is 0 Å². The number of anilines is 1. The number of nitriles is 1. The number of hydrogen-bond acceptors (Lipinski definition) is 3. The first kappa shape index (κ1) is 23.6. The topological polar surface area (TPSA) is 62.1 Å². The number of nitrogens with one attached hydrogen (secondary N) is 1. The van der Waals surface area contributed by atoms with E-state index in [1.165, 1.54) is 17.2 Å². The predicted molar refractivity (Wildman–Crippen MR) is 133 cm³/mol. The summed E-state index contributed by atoms with van der Waals surface area (Å²) in [4.78, 5) is 12.5. The number of benzene rings is 3. The number of aryl methyl sites for hydroxylation is 3. The number of halogens is 2. The highest BCUT2D eigenvalue weighted by atomic mass is 79.9. The summed E-state index contributed by atoms with van der Waals surface area (Å²) >= 11 is 9.62. The average Bonchev–Trinajstić information content (AvgIpc) is 2.73. The Balaban J connectivity index is 1.72. The zero-order chi connectivity index (χ0) is 23.3. The molecular formula is C26H22BrClN2O2. The number of ether oxygens (including phenoxy) is 1. The van der Waals surface area contributed by atoms with Crippen LogP contribution < -0.4 is 10.1 Å². The van der Waals surface area contributed by atoms with Crippen LogP contribution in [0.4, 0.5) is 5.69 Å². The third-order valence-corrected chi connectivity index (χ3v) is 5.76. The summed E-state index contributed by atoms with van der Waals surface area (Å²) < 4.78 is 6.68. The molecule has 32 heavy (non-hydrogen) atoms. The first-order valence-electron chi connectivity index (χ1n) is 9.94. The summed E-state index contributed by atoms with van der Waals surface area (Å²) in [5.41, 5.74) is 5.60. The number of nitrogens with zero attached hydrogens (tertiary/aromatic N) is 1. The van der Waals surface area contributed by atoms with Crippen molar-refractivity contribution in [2.75, 3.05) is 5.32 Å². The van der Waals surface area contributed by atoms with E-state index in [1.54, 1.807) is 18.2 Å². The van der Waals surface area contributed by atoms with Gasteiger partial charge in [0.25, 0.3) is 5.91 Å². The molecule has 1 N–H and O–H groups in total. The highest BCUT2D eigenvalue weighted by Crippen LogP contribution is 2.28. The van der Waals surface area contributed by atoms with E-state index in [9.17, 15) is 10.1 Å². The van der Waals surface area contributed by atoms with Crippen LogP contribution in [-0.2, 0) is 11.4 Å². The molecule has 162 valence electrons. The van der Waals surface area contributed by atoms with Crippen LogP contribution in [0.15, 0.2) is 64.6 Å². The Bertz CT molecular complexity index is 1220. The summed E-state index contributed by atoms with van der Waals surface area (Å²) in [7, 11) is 0. The van der Waals surface area contributed by atoms with Gasteiger partial charge in [0.2, 0.25) is 0 Å². The second kappa shape index (κ2) is 10.5. The first-order chi connectivity index (χ1) is 15.2. The SMILES string of the molecule is Cc1cc(C)cc(COc2ccc(/C=C(\C#N)C(=O)Nc3ccc(C)c(Cl)c3)cc2Br)c1. The van der Waals surface area contributed by atoms with Crippen LogP contribution in [0.3, 0.4) is 0 Å². The Morgan fingerprint density at radius 3 is 2.44 bits per heavy atom. The van der Waals surface area contributed by atoms with Crippen molar-refractivity contribution < 1.29 is 9.53 Å². The van der Waals surface area contributed by atoms with Crippen LogP contribution in [0.25, 0.3) is 6.08 Å². The van der Waals surface area contributed by atoms with Crippen molar-refractivity contribution in [3.63, 3.8) is 0 Å². The minimum Gasteiger partial charge on any atom is -0.488 e. The van der Waals surface area contributed by atoms with Crippen LogP contribution in [0.5, 0.6) is 5.75 Å². The standard InChI is InChI=1S/C26H22BrClN2O2/c1-16-8-17(2)10-20(9-16)15-32-25-7-5-19(12-23(25)27)11-21(14-29)26(31)30-22-6-4-18(3)24(28)13-22/h4-13H,15H2,1-3H3,(H,30,31)/b21-11+. The summed E-state index contributed by atoms with van der Waals surface area (Å²) in [6, 6.07) is 18.9. The second-order valence-corrected chi connectivity index (χ2v) is 8.82. The molecule has 0 aliphatic heterocycles. The van der Waals surface area contributed by atoms with Gasteiger partial charge in [0.05, 0.1) is 4.47 Å². The molecule has 0 aliphatic rings. The van der Waals surface area contributed by atoms with Gasteiger partial charge < -0.3 is 10.1 Å². The molecule has 4 nitrogen and oxygen atoms in total. The summed E-state index contributed by atoms with van der Waals surface area (Å²) in [6.07, 6.45) is 1.53. The normalized spacial score (nSPS) is 11.1. The molecule has 0 saturated carbocycles. The van der Waals surface area contributed by atoms with E-state index in [0.717, 1.165) is 15.6 Å². The van der Waals surface area contributed by atoms with Gasteiger partial charge in [-0.2, -0.15) is 5.26 Å². The molecule has 0 fully saturated rings. The van der Waals surface area contributed by atoms with Gasteiger partial charge in [0.15, 0.2) is 0 Å². The maximum atomic E-state index is 12.5. The largest absolute Gasteiger partial charge is 0.488 e. The van der Waals surface area contributed by atoms with Crippen molar-refractivity contribution in [3.8, 4) is 11.8 Å². The van der Waals surface area contributed by atoms with E-state index in [2.05, 4.69) is 53.3 Å². The van der Waals surface area contributed by atoms with Gasteiger partial charge in [0.1, 0.15) is 24.0 Å². The van der Waals surface area contributed by atoms with E-state index >= 15 is 0 Å². The first-order valence-corrected chi connectivity index (χ1v) is 11.1. The number of amides is 1. The third-order valence-electron chi connectivity index (χ3n) is 4.74. The van der Waals surface area contributed by atoms with Crippen LogP contribution in [-0.4, -0.2) is 5.91 Å². The fourth-order valence-electron chi connectivity index (χ4n) is 3.22. The van der Waals surface area contributed by atoms with Gasteiger partial charge in [-0.15, -0.1) is 0 Å². The molecule has 0 aromatic heterocycles. The lowest BCUT2D eigenvalue weighted by Gasteiger charge is -2.10. The van der Waals surface area contributed by atoms with E-state index < -0.39 is 5.91 Å². The van der Waals surface area contributed by atoms with E-state index in [-0.39, 0.29) is 5.57 Å². The van der Waals surface area contributed by atoms with Crippen molar-refractivity contribution in [1.82, 2.24) is 0 Å². The minimum atomic E-state index is -0.501. The van der Waals surface area contributed by atoms with Crippen LogP contribution in [0, 0.1) is 32.1 Å². The van der Waals surface area contributed by atoms with Gasteiger partial charge in [-0.25, -0.2) is 0 Å². The lowest BCUT2D eigenvalue weighted by atomic mass is 10.1. The fourth-order valence-corrected chi connectivity index (χ4v) is 3.91. The van der Waals surface area contributed by atoms with E-state index in [4.69, 9.17) is 16.3 Å². The smallest absolute Gasteiger partial charge is 0.266 e. The Kier molecular flexibility index (Phi) is 7.74. The molecule has 0 aliphatic carbocycles. The zero-order valence-electron chi connectivity index (χ0n) is 18.0. The number of hydrogen-bond donors (Lipinski definition) is 1. The lowest BCUT2D eigenvalue weighted by Crippen LogP contribution is -2.13. The quantitative estimate of drug-likeness (QED) is 0.283. The molecule has 0 radical (unpaired) electrons. The molecular weight excluding hydrogens is 488 g/mol. The van der Waals surface area contributed by atoms with E-state index in [1.807, 2.05) is 31.2 Å². The Morgan fingerprint density at radius 1 is 1.09 bits per heavy atom. The Morgan fingerprint density at radius 2 is 1.81 bits per heavy atom. The molecule has 3 aromatic carbocycles. The van der Waals surface area contributed by atoms with Crippen molar-refractivity contribution >= 4 is 45.2 Å². The highest BCUT2D eigenvalue weighted by molar-refractivity contribution is 9.10. The van der Waals surface area contributed by atoms with Crippen molar-refractivity contribution in [1.29, 1.82) is 5.26 Å². The molecule has 1 amide bonds. The average molecular weight is 510 g/mol. The molecule has 0 spiro atoms. The maximum Gasteiger partial charge on any atom is 0.266 e. The van der Waals surface area contributed by atoms with Crippen molar-refractivity contribution in [2.45, 2.75) is 27.4 Å². The summed E-state index contributed by atoms with van der Waals surface area (Å²) in [5.74, 6) is 0.178. The van der Waals surface area contributed by atoms with Gasteiger partial charge in [-0.1, -0.05) is 53.1 Å². The summed E-state index contributed by atoms with van der Waals surface area (Å²) in [6.45, 7) is 6.44. The third kappa shape index (κ3) is 6.23. The molecule has 0 saturated heterocycles. The van der Waals surface area contributed by atoms with Crippen LogP contribution in [0.1, 0.15) is 27.8 Å². The molecule has 3 aromatic rings. The molecule has 0 atom stereocenters. The minimum absolute atomic E-state index is 0.0162. The summed E-state index contributed by atoms with van der Waals surface area (Å²) in [5, 5.41) is 12.7. The van der Waals surface area contributed by atoms with Crippen LogP contribution >= 0.6 is 27.5 Å². The van der Waals surface area contributed by atoms with Gasteiger partial charge in [-0.3, -0.25) is 4.79 Å². The van der Waals surface area contributed by atoms with Crippen LogP contribution in [0.2, 0.25) is 5.02 Å². The zero-order valence-corrected chi connectivity index (χ0v) is 20.3.